The maximum absolute atomic E-state index is 5.45. The molecule has 1 aliphatic rings. The van der Waals surface area contributed by atoms with Crippen molar-refractivity contribution in [1.82, 2.24) is 10.1 Å². The molecule has 0 radical (unpaired) electrons. The summed E-state index contributed by atoms with van der Waals surface area (Å²) in [5.41, 5.74) is 2.40. The molecular weight excluding hydrogens is 240 g/mol. The number of anilines is 2. The van der Waals surface area contributed by atoms with E-state index in [1.54, 1.807) is 0 Å². The van der Waals surface area contributed by atoms with Crippen LogP contribution in [0.4, 0.5) is 11.6 Å². The van der Waals surface area contributed by atoms with Crippen LogP contribution in [0.1, 0.15) is 31.2 Å². The summed E-state index contributed by atoms with van der Waals surface area (Å²) < 4.78 is 5.45. The number of hydrogen-bond donors (Lipinski definition) is 1. The van der Waals surface area contributed by atoms with Gasteiger partial charge in [0.1, 0.15) is 0 Å². The van der Waals surface area contributed by atoms with E-state index in [4.69, 9.17) is 4.52 Å². The Morgan fingerprint density at radius 2 is 2.11 bits per heavy atom. The van der Waals surface area contributed by atoms with E-state index in [0.717, 1.165) is 25.3 Å². The van der Waals surface area contributed by atoms with Gasteiger partial charge in [-0.2, -0.15) is 4.98 Å². The topological polar surface area (TPSA) is 54.2 Å². The maximum Gasteiger partial charge on any atom is 0.266 e. The summed E-state index contributed by atoms with van der Waals surface area (Å²) >= 11 is 0. The molecule has 0 saturated carbocycles. The third-order valence-electron chi connectivity index (χ3n) is 3.61. The van der Waals surface area contributed by atoms with Crippen molar-refractivity contribution in [1.29, 1.82) is 0 Å². The van der Waals surface area contributed by atoms with Crippen molar-refractivity contribution >= 4 is 11.6 Å². The second-order valence-electron chi connectivity index (χ2n) is 4.63. The molecule has 0 spiro atoms. The van der Waals surface area contributed by atoms with Gasteiger partial charge in [-0.1, -0.05) is 18.2 Å². The number of aromatic nitrogens is 2. The van der Waals surface area contributed by atoms with Gasteiger partial charge in [0.15, 0.2) is 0 Å². The molecule has 100 valence electrons. The van der Waals surface area contributed by atoms with Gasteiger partial charge in [0, 0.05) is 25.3 Å². The van der Waals surface area contributed by atoms with Gasteiger partial charge in [-0.05, 0) is 30.6 Å². The van der Waals surface area contributed by atoms with Gasteiger partial charge in [0.05, 0.1) is 5.92 Å². The molecule has 0 amide bonds. The van der Waals surface area contributed by atoms with E-state index in [-0.39, 0.29) is 5.92 Å². The highest BCUT2D eigenvalue weighted by atomic mass is 16.5. The molecule has 0 saturated heterocycles. The first-order valence-corrected chi connectivity index (χ1v) is 6.74. The van der Waals surface area contributed by atoms with Gasteiger partial charge in [0.2, 0.25) is 5.89 Å². The van der Waals surface area contributed by atoms with Crippen molar-refractivity contribution < 1.29 is 4.52 Å². The fraction of sp³-hybridized carbons (Fsp3) is 0.429. The Morgan fingerprint density at radius 3 is 2.89 bits per heavy atom. The number of para-hydroxylation sites is 1. The standard InChI is InChI=1S/C14H18N4O/c1-3-18(4-2)14-16-13(19-17-14)11-9-15-12-8-6-5-7-10(11)12/h5-8,11,15H,3-4,9H2,1-2H3. The molecule has 5 heteroatoms. The summed E-state index contributed by atoms with van der Waals surface area (Å²) in [6.45, 7) is 6.76. The summed E-state index contributed by atoms with van der Waals surface area (Å²) in [6.07, 6.45) is 0. The molecule has 1 aromatic heterocycles. The second-order valence-corrected chi connectivity index (χ2v) is 4.63. The summed E-state index contributed by atoms with van der Waals surface area (Å²) in [6, 6.07) is 8.27. The molecule has 0 fully saturated rings. The molecule has 1 aliphatic heterocycles. The fourth-order valence-electron chi connectivity index (χ4n) is 2.51. The molecule has 2 aromatic rings. The lowest BCUT2D eigenvalue weighted by Crippen LogP contribution is -2.23. The molecule has 19 heavy (non-hydrogen) atoms. The quantitative estimate of drug-likeness (QED) is 0.913. The van der Waals surface area contributed by atoms with Crippen LogP contribution in [0, 0.1) is 0 Å². The maximum atomic E-state index is 5.45. The molecule has 2 heterocycles. The van der Waals surface area contributed by atoms with Crippen LogP contribution in [-0.4, -0.2) is 29.8 Å². The third-order valence-corrected chi connectivity index (χ3v) is 3.61. The lowest BCUT2D eigenvalue weighted by atomic mass is 10.0. The Kier molecular flexibility index (Phi) is 3.11. The van der Waals surface area contributed by atoms with Crippen LogP contribution < -0.4 is 10.2 Å². The lowest BCUT2D eigenvalue weighted by molar-refractivity contribution is 0.369. The predicted octanol–water partition coefficient (Wildman–Crippen LogP) is 2.47. The number of nitrogens with one attached hydrogen (secondary N) is 1. The predicted molar refractivity (Wildman–Crippen MR) is 74.6 cm³/mol. The zero-order chi connectivity index (χ0) is 13.2. The van der Waals surface area contributed by atoms with Gasteiger partial charge in [-0.3, -0.25) is 0 Å². The minimum Gasteiger partial charge on any atom is -0.384 e. The molecule has 3 rings (SSSR count). The summed E-state index contributed by atoms with van der Waals surface area (Å²) in [5.74, 6) is 1.54. The first kappa shape index (κ1) is 12.0. The molecule has 1 N–H and O–H groups in total. The van der Waals surface area contributed by atoms with Gasteiger partial charge in [-0.15, -0.1) is 0 Å². The van der Waals surface area contributed by atoms with Crippen molar-refractivity contribution in [2.24, 2.45) is 0 Å². The zero-order valence-electron chi connectivity index (χ0n) is 11.3. The highest BCUT2D eigenvalue weighted by molar-refractivity contribution is 5.59. The first-order valence-electron chi connectivity index (χ1n) is 6.74. The monoisotopic (exact) mass is 258 g/mol. The number of benzene rings is 1. The number of hydrogen-bond acceptors (Lipinski definition) is 5. The van der Waals surface area contributed by atoms with E-state index < -0.39 is 0 Å². The van der Waals surface area contributed by atoms with Crippen LogP contribution in [0.3, 0.4) is 0 Å². The van der Waals surface area contributed by atoms with Crippen LogP contribution in [0.25, 0.3) is 0 Å². The summed E-state index contributed by atoms with van der Waals surface area (Å²) in [7, 11) is 0. The Labute approximate surface area is 112 Å². The van der Waals surface area contributed by atoms with Crippen molar-refractivity contribution in [3.8, 4) is 0 Å². The van der Waals surface area contributed by atoms with Crippen LogP contribution >= 0.6 is 0 Å². The summed E-state index contributed by atoms with van der Waals surface area (Å²) in [5, 5.41) is 7.46. The largest absolute Gasteiger partial charge is 0.384 e. The van der Waals surface area contributed by atoms with E-state index in [0.29, 0.717) is 11.8 Å². The van der Waals surface area contributed by atoms with Gasteiger partial charge in [0.25, 0.3) is 5.95 Å². The Bertz CT molecular complexity index is 562. The van der Waals surface area contributed by atoms with Crippen molar-refractivity contribution in [2.45, 2.75) is 19.8 Å². The number of fused-ring (bicyclic) bond motifs is 1. The minimum atomic E-state index is 0.160. The highest BCUT2D eigenvalue weighted by Gasteiger charge is 2.28. The van der Waals surface area contributed by atoms with Crippen LogP contribution in [0.15, 0.2) is 28.8 Å². The fourth-order valence-corrected chi connectivity index (χ4v) is 2.51. The SMILES string of the molecule is CCN(CC)c1noc(C2CNc3ccccc32)n1. The normalized spacial score (nSPS) is 17.1. The van der Waals surface area contributed by atoms with Crippen LogP contribution in [-0.2, 0) is 0 Å². The Morgan fingerprint density at radius 1 is 1.32 bits per heavy atom. The molecule has 0 aliphatic carbocycles. The number of rotatable bonds is 4. The lowest BCUT2D eigenvalue weighted by Gasteiger charge is -2.14. The van der Waals surface area contributed by atoms with Crippen LogP contribution in [0.5, 0.6) is 0 Å². The van der Waals surface area contributed by atoms with Gasteiger partial charge >= 0.3 is 0 Å². The number of nitrogens with zero attached hydrogens (tertiary/aromatic N) is 3. The van der Waals surface area contributed by atoms with Crippen molar-refractivity contribution in [2.75, 3.05) is 29.9 Å². The third kappa shape index (κ3) is 2.05. The zero-order valence-corrected chi connectivity index (χ0v) is 11.3. The Hall–Kier alpha value is -2.04. The summed E-state index contributed by atoms with van der Waals surface area (Å²) in [4.78, 5) is 6.63. The molecule has 1 aromatic carbocycles. The average Bonchev–Trinajstić information content (AvgIpc) is 3.06. The average molecular weight is 258 g/mol. The van der Waals surface area contributed by atoms with E-state index in [1.165, 1.54) is 5.56 Å². The molecular formula is C14H18N4O. The molecule has 0 bridgehead atoms. The first-order chi connectivity index (χ1) is 9.33. The van der Waals surface area contributed by atoms with Gasteiger partial charge < -0.3 is 14.7 Å². The van der Waals surface area contributed by atoms with Gasteiger partial charge in [-0.25, -0.2) is 0 Å². The molecule has 1 unspecified atom stereocenters. The Balaban J connectivity index is 1.88. The van der Waals surface area contributed by atoms with E-state index in [2.05, 4.69) is 46.3 Å². The van der Waals surface area contributed by atoms with Crippen LogP contribution in [0.2, 0.25) is 0 Å². The smallest absolute Gasteiger partial charge is 0.266 e. The van der Waals surface area contributed by atoms with Crippen molar-refractivity contribution in [3.63, 3.8) is 0 Å². The minimum absolute atomic E-state index is 0.160. The molecule has 5 nitrogen and oxygen atoms in total. The highest BCUT2D eigenvalue weighted by Crippen LogP contribution is 2.35. The van der Waals surface area contributed by atoms with E-state index in [1.807, 2.05) is 12.1 Å². The molecule has 1 atom stereocenters. The van der Waals surface area contributed by atoms with Crippen molar-refractivity contribution in [3.05, 3.63) is 35.7 Å². The second kappa shape index (κ2) is 4.91. The van der Waals surface area contributed by atoms with E-state index in [9.17, 15) is 0 Å². The van der Waals surface area contributed by atoms with E-state index >= 15 is 0 Å².